The number of ether oxygens (including phenoxy) is 3. The van der Waals surface area contributed by atoms with Crippen molar-refractivity contribution in [3.8, 4) is 0 Å². The lowest BCUT2D eigenvalue weighted by Gasteiger charge is -2.49. The summed E-state index contributed by atoms with van der Waals surface area (Å²) in [7, 11) is 1.30. The number of carbonyl (C=O) groups excluding carboxylic acids is 4. The Hall–Kier alpha value is -3.22. The number of carbonyl (C=O) groups is 4. The highest BCUT2D eigenvalue weighted by Crippen LogP contribution is 2.42. The molecule has 14 nitrogen and oxygen atoms in total. The van der Waals surface area contributed by atoms with Crippen molar-refractivity contribution in [1.82, 2.24) is 24.6 Å². The molecule has 3 atom stereocenters. The Morgan fingerprint density at radius 2 is 2.13 bits per heavy atom. The van der Waals surface area contributed by atoms with E-state index in [1.807, 2.05) is 0 Å². The average molecular weight is 615 g/mol. The van der Waals surface area contributed by atoms with Crippen molar-refractivity contribution in [1.29, 1.82) is 0 Å². The van der Waals surface area contributed by atoms with E-state index in [1.54, 1.807) is 12.3 Å². The van der Waals surface area contributed by atoms with Crippen molar-refractivity contribution < 1.29 is 38.2 Å². The number of hydrogen-bond donors (Lipinski definition) is 1. The zero-order chi connectivity index (χ0) is 27.9. The van der Waals surface area contributed by atoms with E-state index in [-0.39, 0.29) is 18.0 Å². The summed E-state index contributed by atoms with van der Waals surface area (Å²) in [5.74, 6) is -1.31. The van der Waals surface area contributed by atoms with Crippen molar-refractivity contribution in [2.24, 2.45) is 5.16 Å². The van der Waals surface area contributed by atoms with Crippen LogP contribution in [-0.2, 0) is 33.4 Å². The summed E-state index contributed by atoms with van der Waals surface area (Å²) in [6, 6.07) is -0.934. The summed E-state index contributed by atoms with van der Waals surface area (Å²) in [5.41, 5.74) is 2.40. The molecule has 0 spiro atoms. The van der Waals surface area contributed by atoms with Crippen LogP contribution in [0.5, 0.6) is 0 Å². The number of fused-ring (bicyclic) bond motifs is 1. The van der Waals surface area contributed by atoms with E-state index in [2.05, 4.69) is 24.8 Å². The zero-order valence-electron chi connectivity index (χ0n) is 20.7. The number of nitrogens with one attached hydrogen (secondary N) is 1. The van der Waals surface area contributed by atoms with E-state index in [0.717, 1.165) is 0 Å². The van der Waals surface area contributed by atoms with E-state index in [0.29, 0.717) is 27.1 Å². The van der Waals surface area contributed by atoms with Gasteiger partial charge in [0.15, 0.2) is 10.1 Å². The number of thiazole rings is 1. The van der Waals surface area contributed by atoms with Crippen molar-refractivity contribution in [3.05, 3.63) is 34.2 Å². The van der Waals surface area contributed by atoms with Gasteiger partial charge in [0.1, 0.15) is 36.2 Å². The highest BCUT2D eigenvalue weighted by atomic mass is 32.2. The topological polar surface area (TPSA) is 172 Å². The molecule has 2 aromatic heterocycles. The molecule has 0 aromatic carbocycles. The lowest BCUT2D eigenvalue weighted by atomic mass is 10.0. The second kappa shape index (κ2) is 13.2. The Bertz CT molecular complexity index is 1270. The van der Waals surface area contributed by atoms with E-state index >= 15 is 0 Å². The number of amides is 2. The minimum atomic E-state index is -1.27. The molecule has 18 heteroatoms. The van der Waals surface area contributed by atoms with Crippen molar-refractivity contribution in [2.75, 3.05) is 25.2 Å². The molecule has 0 radical (unpaired) electrons. The maximum absolute atomic E-state index is 13.3. The monoisotopic (exact) mass is 614 g/mol. The smallest absolute Gasteiger partial charge is 0.435 e. The average Bonchev–Trinajstić information content (AvgIpc) is 3.63. The van der Waals surface area contributed by atoms with Crippen LogP contribution in [0.1, 0.15) is 19.5 Å². The third kappa shape index (κ3) is 6.68. The largest absolute Gasteiger partial charge is 0.511 e. The van der Waals surface area contributed by atoms with Gasteiger partial charge in [-0.1, -0.05) is 16.9 Å². The van der Waals surface area contributed by atoms with E-state index in [1.165, 1.54) is 77.2 Å². The lowest BCUT2D eigenvalue weighted by Crippen LogP contribution is -2.71. The third-order valence-electron chi connectivity index (χ3n) is 5.11. The standard InChI is InChI=1S/C21H22N6O8S4/c1-4-33-21(31)35-10(2)34-19(30)15-11(6-38-20-22-8-24-39-20)5-37-18-14(17(29)27(15)18)25-16(28)13(26-32-3)12-7-36-9-23-12/h7-10,14,18H,4-6H2,1-3H3,(H,25,28)/b26-13-. The number of nitrogens with zero attached hydrogens (tertiary/aromatic N) is 5. The van der Waals surface area contributed by atoms with Crippen LogP contribution < -0.4 is 5.32 Å². The molecule has 4 heterocycles. The summed E-state index contributed by atoms with van der Waals surface area (Å²) in [5, 5.41) is 7.46. The van der Waals surface area contributed by atoms with Crippen LogP contribution >= 0.6 is 46.4 Å². The fourth-order valence-corrected chi connectivity index (χ4v) is 6.98. The van der Waals surface area contributed by atoms with Crippen LogP contribution in [-0.4, -0.2) is 91.8 Å². The molecule has 208 valence electrons. The fourth-order valence-electron chi connectivity index (χ4n) is 3.51. The Morgan fingerprint density at radius 1 is 1.31 bits per heavy atom. The first-order valence-corrected chi connectivity index (χ1v) is 15.0. The maximum atomic E-state index is 13.3. The van der Waals surface area contributed by atoms with Gasteiger partial charge in [0, 0.05) is 23.8 Å². The Labute approximate surface area is 238 Å². The molecule has 4 rings (SSSR count). The van der Waals surface area contributed by atoms with Gasteiger partial charge in [0.05, 0.1) is 12.1 Å². The summed E-state index contributed by atoms with van der Waals surface area (Å²) in [6.45, 7) is 3.05. The number of oxime groups is 1. The molecule has 1 N–H and O–H groups in total. The highest BCUT2D eigenvalue weighted by molar-refractivity contribution is 8.01. The molecule has 0 bridgehead atoms. The molecule has 2 aliphatic rings. The molecule has 1 saturated heterocycles. The van der Waals surface area contributed by atoms with Crippen molar-refractivity contribution in [2.45, 2.75) is 35.9 Å². The zero-order valence-corrected chi connectivity index (χ0v) is 24.0. The summed E-state index contributed by atoms with van der Waals surface area (Å²) in [6.07, 6.45) is -0.838. The predicted octanol–water partition coefficient (Wildman–Crippen LogP) is 1.85. The van der Waals surface area contributed by atoms with Gasteiger partial charge in [-0.15, -0.1) is 23.1 Å². The van der Waals surface area contributed by atoms with Crippen LogP contribution in [0.2, 0.25) is 0 Å². The van der Waals surface area contributed by atoms with E-state index in [4.69, 9.17) is 19.0 Å². The van der Waals surface area contributed by atoms with Crippen molar-refractivity contribution in [3.63, 3.8) is 0 Å². The van der Waals surface area contributed by atoms with Gasteiger partial charge in [0.2, 0.25) is 6.29 Å². The van der Waals surface area contributed by atoms with Crippen molar-refractivity contribution >= 4 is 76.0 Å². The molecular weight excluding hydrogens is 593 g/mol. The van der Waals surface area contributed by atoms with E-state index in [9.17, 15) is 19.2 Å². The van der Waals surface area contributed by atoms with Gasteiger partial charge >= 0.3 is 12.1 Å². The molecule has 2 aromatic rings. The number of aromatic nitrogens is 3. The minimum Gasteiger partial charge on any atom is -0.435 e. The van der Waals surface area contributed by atoms with Crippen LogP contribution in [0, 0.1) is 0 Å². The Morgan fingerprint density at radius 3 is 2.79 bits per heavy atom. The number of esters is 1. The number of rotatable bonds is 11. The second-order valence-corrected chi connectivity index (χ2v) is 11.4. The Balaban J connectivity index is 1.52. The van der Waals surface area contributed by atoms with Crippen LogP contribution in [0.15, 0.2) is 38.0 Å². The van der Waals surface area contributed by atoms with Gasteiger partial charge in [-0.25, -0.2) is 19.6 Å². The highest BCUT2D eigenvalue weighted by Gasteiger charge is 2.55. The molecule has 39 heavy (non-hydrogen) atoms. The maximum Gasteiger partial charge on any atom is 0.511 e. The SMILES string of the molecule is CCOC(=O)OC(C)OC(=O)C1=C(CSc2ncns2)CSC2C(NC(=O)/C(=N\OC)c3cscn3)C(=O)N12. The van der Waals surface area contributed by atoms with E-state index < -0.39 is 41.6 Å². The first kappa shape index (κ1) is 28.8. The van der Waals surface area contributed by atoms with Gasteiger partial charge in [-0.3, -0.25) is 14.5 Å². The number of hydrogen-bond acceptors (Lipinski definition) is 16. The summed E-state index contributed by atoms with van der Waals surface area (Å²) >= 11 is 5.21. The summed E-state index contributed by atoms with van der Waals surface area (Å²) < 4.78 is 19.6. The quantitative estimate of drug-likeness (QED) is 0.0972. The molecule has 0 saturated carbocycles. The fraction of sp³-hybridized carbons (Fsp3) is 0.429. The first-order valence-electron chi connectivity index (χ1n) is 11.2. The lowest BCUT2D eigenvalue weighted by molar-refractivity contribution is -0.168. The van der Waals surface area contributed by atoms with Crippen LogP contribution in [0.3, 0.4) is 0 Å². The van der Waals surface area contributed by atoms with Crippen LogP contribution in [0.4, 0.5) is 4.79 Å². The first-order chi connectivity index (χ1) is 18.8. The minimum absolute atomic E-state index is 0.0239. The van der Waals surface area contributed by atoms with Gasteiger partial charge < -0.3 is 24.4 Å². The molecular formula is C21H22N6O8S4. The van der Waals surface area contributed by atoms with Crippen LogP contribution in [0.25, 0.3) is 0 Å². The summed E-state index contributed by atoms with van der Waals surface area (Å²) in [4.78, 5) is 65.4. The van der Waals surface area contributed by atoms with Gasteiger partial charge in [0.25, 0.3) is 11.8 Å². The molecule has 3 unspecified atom stereocenters. The molecule has 2 aliphatic heterocycles. The third-order valence-corrected chi connectivity index (χ3v) is 8.92. The second-order valence-electron chi connectivity index (χ2n) is 7.58. The number of thioether (sulfide) groups is 2. The normalized spacial score (nSPS) is 19.5. The predicted molar refractivity (Wildman–Crippen MR) is 142 cm³/mol. The Kier molecular flexibility index (Phi) is 9.76. The van der Waals surface area contributed by atoms with Gasteiger partial charge in [-0.05, 0) is 24.0 Å². The molecule has 0 aliphatic carbocycles. The number of β-lactam (4-membered cyclic amide) rings is 1. The van der Waals surface area contributed by atoms with Gasteiger partial charge in [-0.2, -0.15) is 4.37 Å². The molecule has 1 fully saturated rings. The molecule has 2 amide bonds.